The molecule has 0 aromatic rings. The molecule has 38 heavy (non-hydrogen) atoms. The van der Waals surface area contributed by atoms with Crippen molar-refractivity contribution in [2.45, 2.75) is 103 Å². The Kier molecular flexibility index (Phi) is 7.59. The van der Waals surface area contributed by atoms with Crippen molar-refractivity contribution in [3.05, 3.63) is 11.6 Å². The number of nitrogens with one attached hydrogen (secondary N) is 1. The lowest BCUT2D eigenvalue weighted by molar-refractivity contribution is -0.170. The van der Waals surface area contributed by atoms with Crippen LogP contribution in [0.4, 0.5) is 0 Å². The van der Waals surface area contributed by atoms with Gasteiger partial charge in [-0.3, -0.25) is 19.2 Å². The number of allylic oxidation sites excluding steroid dienone is 1. The van der Waals surface area contributed by atoms with Gasteiger partial charge in [0.25, 0.3) is 0 Å². The number of aliphatic hydroxyl groups is 1. The lowest BCUT2D eigenvalue weighted by Crippen LogP contribution is -2.58. The Morgan fingerprint density at radius 2 is 1.84 bits per heavy atom. The van der Waals surface area contributed by atoms with Gasteiger partial charge in [-0.15, -0.1) is 0 Å². The maximum Gasteiger partial charge on any atom is 0.306 e. The average Bonchev–Trinajstić information content (AvgIpc) is 3.51. The highest BCUT2D eigenvalue weighted by Crippen LogP contribution is 2.67. The maximum absolute atomic E-state index is 13.3. The molecule has 0 aromatic carbocycles. The highest BCUT2D eigenvalue weighted by atomic mass is 16.5. The molecule has 210 valence electrons. The topological polar surface area (TPSA) is 119 Å². The average molecular weight is 530 g/mol. The Bertz CT molecular complexity index is 1020. The number of carbonyl (C=O) groups is 4. The first-order chi connectivity index (χ1) is 18.1. The van der Waals surface area contributed by atoms with Crippen LogP contribution in [0.1, 0.15) is 90.9 Å². The van der Waals surface area contributed by atoms with E-state index in [1.165, 1.54) is 5.57 Å². The predicted molar refractivity (Wildman–Crippen MR) is 139 cm³/mol. The van der Waals surface area contributed by atoms with E-state index in [1.54, 1.807) is 0 Å². The van der Waals surface area contributed by atoms with E-state index < -0.39 is 29.4 Å². The van der Waals surface area contributed by atoms with Crippen LogP contribution in [0, 0.1) is 28.6 Å². The fraction of sp³-hybridized carbons (Fsp3) is 0.800. The van der Waals surface area contributed by atoms with Crippen molar-refractivity contribution < 1.29 is 33.8 Å². The molecule has 1 unspecified atom stereocenters. The molecule has 2 N–H and O–H groups in total. The number of fused-ring (bicyclic) bond motifs is 5. The highest BCUT2D eigenvalue weighted by Gasteiger charge is 2.66. The normalized spacial score (nSPS) is 40.0. The third-order valence-corrected chi connectivity index (χ3v) is 11.0. The van der Waals surface area contributed by atoms with Crippen molar-refractivity contribution in [1.82, 2.24) is 5.32 Å². The van der Waals surface area contributed by atoms with Crippen LogP contribution < -0.4 is 5.32 Å². The Balaban J connectivity index is 1.15. The van der Waals surface area contributed by atoms with Crippen LogP contribution in [0.3, 0.4) is 0 Å². The highest BCUT2D eigenvalue weighted by molar-refractivity contribution is 5.92. The van der Waals surface area contributed by atoms with E-state index in [1.807, 2.05) is 6.08 Å². The molecule has 5 aliphatic rings. The number of ether oxygens (including phenoxy) is 2. The molecule has 8 nitrogen and oxygen atoms in total. The number of carbonyl (C=O) groups excluding carboxylic acids is 4. The van der Waals surface area contributed by atoms with Crippen LogP contribution in [0.5, 0.6) is 0 Å². The van der Waals surface area contributed by atoms with E-state index in [4.69, 9.17) is 9.47 Å². The minimum atomic E-state index is -1.51. The second-order valence-corrected chi connectivity index (χ2v) is 12.8. The summed E-state index contributed by atoms with van der Waals surface area (Å²) in [6.45, 7) is 5.07. The van der Waals surface area contributed by atoms with Crippen molar-refractivity contribution in [3.8, 4) is 0 Å². The second-order valence-electron chi connectivity index (χ2n) is 12.8. The molecular formula is C30H43NO7. The molecule has 1 aliphatic heterocycles. The lowest BCUT2D eigenvalue weighted by atomic mass is 9.46. The zero-order valence-electron chi connectivity index (χ0n) is 22.9. The van der Waals surface area contributed by atoms with E-state index >= 15 is 0 Å². The summed E-state index contributed by atoms with van der Waals surface area (Å²) in [5.74, 6) is 0.0801. The van der Waals surface area contributed by atoms with Crippen LogP contribution in [0.2, 0.25) is 0 Å². The van der Waals surface area contributed by atoms with E-state index in [0.717, 1.165) is 51.4 Å². The van der Waals surface area contributed by atoms with Gasteiger partial charge in [0.1, 0.15) is 5.60 Å². The first kappa shape index (κ1) is 27.5. The monoisotopic (exact) mass is 529 g/mol. The Morgan fingerprint density at radius 1 is 1.05 bits per heavy atom. The molecule has 0 aromatic heterocycles. The Morgan fingerprint density at radius 3 is 2.61 bits per heavy atom. The fourth-order valence-electron chi connectivity index (χ4n) is 8.71. The van der Waals surface area contributed by atoms with Gasteiger partial charge < -0.3 is 19.9 Å². The van der Waals surface area contributed by atoms with E-state index in [0.29, 0.717) is 37.8 Å². The number of rotatable bonds is 8. The summed E-state index contributed by atoms with van der Waals surface area (Å²) in [5, 5.41) is 14.5. The molecule has 1 heterocycles. The minimum Gasteiger partial charge on any atom is -0.458 e. The van der Waals surface area contributed by atoms with Crippen LogP contribution >= 0.6 is 0 Å². The molecule has 7 atom stereocenters. The van der Waals surface area contributed by atoms with Gasteiger partial charge in [-0.25, -0.2) is 0 Å². The molecule has 4 fully saturated rings. The van der Waals surface area contributed by atoms with Crippen molar-refractivity contribution >= 4 is 23.4 Å². The summed E-state index contributed by atoms with van der Waals surface area (Å²) in [6, 6.07) is 0. The zero-order chi connectivity index (χ0) is 27.1. The molecule has 1 saturated heterocycles. The molecule has 0 radical (unpaired) electrons. The molecule has 8 heteroatoms. The summed E-state index contributed by atoms with van der Waals surface area (Å²) in [7, 11) is 0. The summed E-state index contributed by atoms with van der Waals surface area (Å²) >= 11 is 0. The second kappa shape index (κ2) is 10.5. The summed E-state index contributed by atoms with van der Waals surface area (Å²) in [6.07, 6.45) is 10.00. The van der Waals surface area contributed by atoms with Crippen LogP contribution in [0.15, 0.2) is 11.6 Å². The molecule has 1 amide bonds. The standard InChI is InChI=1S/C30H43NO7/c1-28-12-9-20(32)16-19(28)5-6-22-23(28)10-13-29(2)24(22)11-14-30(29,36)25(33)18-38-27(35)8-7-26(34)31-17-21-4-3-15-37-21/h16,21-24,36H,3-15,17-18H2,1-2H3,(H,31,34)/t21?,22-,23+,24+,28+,29+,30+/m1/s1. The van der Waals surface area contributed by atoms with E-state index in [2.05, 4.69) is 19.2 Å². The largest absolute Gasteiger partial charge is 0.458 e. The number of esters is 1. The molecule has 5 rings (SSSR count). The number of Topliss-reactive ketones (excluding diaryl/α,β-unsaturated/α-hetero) is 1. The molecule has 4 aliphatic carbocycles. The van der Waals surface area contributed by atoms with Crippen molar-refractivity contribution in [1.29, 1.82) is 0 Å². The molecule has 0 spiro atoms. The van der Waals surface area contributed by atoms with Gasteiger partial charge in [0.2, 0.25) is 11.7 Å². The number of hydrogen-bond acceptors (Lipinski definition) is 7. The summed E-state index contributed by atoms with van der Waals surface area (Å²) in [5.41, 5.74) is -0.729. The van der Waals surface area contributed by atoms with Crippen LogP contribution in [0.25, 0.3) is 0 Å². The van der Waals surface area contributed by atoms with Crippen molar-refractivity contribution in [3.63, 3.8) is 0 Å². The fourth-order valence-corrected chi connectivity index (χ4v) is 8.71. The Hall–Kier alpha value is -2.06. The van der Waals surface area contributed by atoms with Crippen LogP contribution in [-0.4, -0.2) is 60.0 Å². The lowest BCUT2D eigenvalue weighted by Gasteiger charge is -2.58. The quantitative estimate of drug-likeness (QED) is 0.462. The van der Waals surface area contributed by atoms with Gasteiger partial charge in [-0.05, 0) is 87.0 Å². The summed E-state index contributed by atoms with van der Waals surface area (Å²) < 4.78 is 10.7. The van der Waals surface area contributed by atoms with Gasteiger partial charge in [0.05, 0.1) is 12.5 Å². The number of amides is 1. The van der Waals surface area contributed by atoms with E-state index in [9.17, 15) is 24.3 Å². The van der Waals surface area contributed by atoms with Gasteiger partial charge in [-0.1, -0.05) is 19.4 Å². The molecule has 3 saturated carbocycles. The van der Waals surface area contributed by atoms with Gasteiger partial charge >= 0.3 is 5.97 Å². The smallest absolute Gasteiger partial charge is 0.306 e. The minimum absolute atomic E-state index is 0.00628. The van der Waals surface area contributed by atoms with Gasteiger partial charge in [0, 0.05) is 31.4 Å². The third kappa shape index (κ3) is 4.76. The molecular weight excluding hydrogens is 486 g/mol. The van der Waals surface area contributed by atoms with Gasteiger partial charge in [0.15, 0.2) is 12.4 Å². The number of hydrogen-bond donors (Lipinski definition) is 2. The third-order valence-electron chi connectivity index (χ3n) is 11.0. The maximum atomic E-state index is 13.3. The molecule has 0 bridgehead atoms. The SMILES string of the molecule is C[C@]12CCC(=O)C=C1CC[C@@H]1[C@@H]2CC[C@@]2(C)[C@H]1CC[C@]2(O)C(=O)COC(=O)CCC(=O)NCC1CCCO1. The first-order valence-corrected chi connectivity index (χ1v) is 14.6. The first-order valence-electron chi connectivity index (χ1n) is 14.6. The Labute approximate surface area is 225 Å². The van der Waals surface area contributed by atoms with Crippen LogP contribution in [-0.2, 0) is 28.7 Å². The van der Waals surface area contributed by atoms with E-state index in [-0.39, 0.29) is 42.0 Å². The number of ketones is 2. The summed E-state index contributed by atoms with van der Waals surface area (Å²) in [4.78, 5) is 49.7. The van der Waals surface area contributed by atoms with Crippen molar-refractivity contribution in [2.24, 2.45) is 28.6 Å². The zero-order valence-corrected chi connectivity index (χ0v) is 22.9. The predicted octanol–water partition coefficient (Wildman–Crippen LogP) is 3.44. The van der Waals surface area contributed by atoms with Crippen molar-refractivity contribution in [2.75, 3.05) is 19.8 Å². The van der Waals surface area contributed by atoms with Gasteiger partial charge in [-0.2, -0.15) is 0 Å².